The van der Waals surface area contributed by atoms with Crippen LogP contribution in [-0.4, -0.2) is 50.3 Å². The lowest BCUT2D eigenvalue weighted by Gasteiger charge is -2.26. The Bertz CT molecular complexity index is 768. The monoisotopic (exact) mass is 455 g/mol. The van der Waals surface area contributed by atoms with E-state index in [1.165, 1.54) is 0 Å². The predicted octanol–water partition coefficient (Wildman–Crippen LogP) is 2.87. The Labute approximate surface area is 190 Å². The van der Waals surface area contributed by atoms with E-state index in [0.717, 1.165) is 55.3 Å². The van der Waals surface area contributed by atoms with Crippen LogP contribution in [0, 0.1) is 6.92 Å². The molecule has 2 aromatic rings. The molecule has 6 nitrogen and oxygen atoms in total. The molecule has 8 heteroatoms. The van der Waals surface area contributed by atoms with E-state index in [0.29, 0.717) is 13.2 Å². The second kappa shape index (κ2) is 13.5. The Kier molecular flexibility index (Phi) is 11.8. The number of rotatable bonds is 8. The molecule has 0 bridgehead atoms. The maximum absolute atomic E-state index is 12.4. The van der Waals surface area contributed by atoms with E-state index >= 15 is 0 Å². The first-order valence-corrected chi connectivity index (χ1v) is 9.73. The van der Waals surface area contributed by atoms with E-state index in [2.05, 4.69) is 10.2 Å². The van der Waals surface area contributed by atoms with Crippen LogP contribution in [0.25, 0.3) is 0 Å². The van der Waals surface area contributed by atoms with Gasteiger partial charge in [0, 0.05) is 26.2 Å². The molecule has 1 aliphatic heterocycles. The molecule has 1 atom stereocenters. The van der Waals surface area contributed by atoms with Crippen LogP contribution in [0.2, 0.25) is 0 Å². The van der Waals surface area contributed by atoms with Gasteiger partial charge < -0.3 is 20.5 Å². The van der Waals surface area contributed by atoms with Crippen LogP contribution in [0.3, 0.4) is 0 Å². The van der Waals surface area contributed by atoms with Gasteiger partial charge in [0.1, 0.15) is 18.4 Å². The summed E-state index contributed by atoms with van der Waals surface area (Å²) < 4.78 is 11.2. The summed E-state index contributed by atoms with van der Waals surface area (Å²) in [7, 11) is 0. The number of hydrogen-bond acceptors (Lipinski definition) is 5. The van der Waals surface area contributed by atoms with Crippen molar-refractivity contribution in [2.45, 2.75) is 19.5 Å². The molecular weight excluding hydrogens is 425 g/mol. The van der Waals surface area contributed by atoms with E-state index in [9.17, 15) is 4.79 Å². The van der Waals surface area contributed by atoms with Crippen molar-refractivity contribution in [2.24, 2.45) is 5.73 Å². The summed E-state index contributed by atoms with van der Waals surface area (Å²) in [6.45, 7) is 7.43. The number of morpholine rings is 1. The van der Waals surface area contributed by atoms with Gasteiger partial charge in [-0.1, -0.05) is 42.0 Å². The fourth-order valence-electron chi connectivity index (χ4n) is 3.09. The molecule has 3 N–H and O–H groups in total. The molecule has 0 aliphatic carbocycles. The van der Waals surface area contributed by atoms with Gasteiger partial charge in [0.25, 0.3) is 0 Å². The zero-order valence-corrected chi connectivity index (χ0v) is 18.8. The second-order valence-electron chi connectivity index (χ2n) is 7.06. The normalized spacial score (nSPS) is 14.7. The summed E-state index contributed by atoms with van der Waals surface area (Å²) in [5.41, 5.74) is 9.00. The zero-order valence-electron chi connectivity index (χ0n) is 17.2. The Morgan fingerprint density at radius 2 is 1.87 bits per heavy atom. The van der Waals surface area contributed by atoms with Gasteiger partial charge in [0.05, 0.1) is 13.2 Å². The van der Waals surface area contributed by atoms with E-state index < -0.39 is 6.04 Å². The number of ether oxygens (including phenoxy) is 2. The van der Waals surface area contributed by atoms with Crippen LogP contribution in [-0.2, 0) is 16.1 Å². The maximum atomic E-state index is 12.4. The van der Waals surface area contributed by atoms with E-state index in [1.807, 2.05) is 55.5 Å². The molecule has 30 heavy (non-hydrogen) atoms. The van der Waals surface area contributed by atoms with E-state index in [1.54, 1.807) is 0 Å². The van der Waals surface area contributed by atoms with Gasteiger partial charge in [-0.15, -0.1) is 24.8 Å². The number of halogens is 2. The Morgan fingerprint density at radius 1 is 1.17 bits per heavy atom. The Balaban J connectivity index is 0.00000225. The topological polar surface area (TPSA) is 76.8 Å². The number of nitrogens with two attached hydrogens (primary N) is 1. The molecule has 1 saturated heterocycles. The average Bonchev–Trinajstić information content (AvgIpc) is 2.73. The van der Waals surface area contributed by atoms with Crippen molar-refractivity contribution in [3.05, 3.63) is 65.2 Å². The van der Waals surface area contributed by atoms with Gasteiger partial charge in [-0.2, -0.15) is 0 Å². The molecule has 1 heterocycles. The van der Waals surface area contributed by atoms with Gasteiger partial charge in [-0.05, 0) is 30.2 Å². The summed E-state index contributed by atoms with van der Waals surface area (Å²) in [5.74, 6) is 0.616. The summed E-state index contributed by atoms with van der Waals surface area (Å²) in [6, 6.07) is 14.8. The maximum Gasteiger partial charge on any atom is 0.241 e. The lowest BCUT2D eigenvalue weighted by atomic mass is 10.1. The highest BCUT2D eigenvalue weighted by molar-refractivity contribution is 5.85. The largest absolute Gasteiger partial charge is 0.492 e. The molecule has 0 spiro atoms. The number of nitrogens with one attached hydrogen (secondary N) is 1. The third-order valence-electron chi connectivity index (χ3n) is 4.86. The molecule has 1 amide bonds. The third-order valence-corrected chi connectivity index (χ3v) is 4.86. The van der Waals surface area contributed by atoms with Crippen molar-refractivity contribution in [3.63, 3.8) is 0 Å². The molecule has 166 valence electrons. The number of amides is 1. The smallest absolute Gasteiger partial charge is 0.241 e. The lowest BCUT2D eigenvalue weighted by molar-refractivity contribution is -0.122. The van der Waals surface area contributed by atoms with Crippen LogP contribution in [0.4, 0.5) is 0 Å². The quantitative estimate of drug-likeness (QED) is 0.639. The van der Waals surface area contributed by atoms with Crippen molar-refractivity contribution in [1.29, 1.82) is 0 Å². The van der Waals surface area contributed by atoms with Crippen LogP contribution < -0.4 is 15.8 Å². The van der Waals surface area contributed by atoms with Crippen LogP contribution in [0.15, 0.2) is 48.5 Å². The summed E-state index contributed by atoms with van der Waals surface area (Å²) >= 11 is 0. The molecule has 0 radical (unpaired) electrons. The van der Waals surface area contributed by atoms with E-state index in [4.69, 9.17) is 15.2 Å². The minimum atomic E-state index is -0.673. The highest BCUT2D eigenvalue weighted by atomic mass is 35.5. The molecular formula is C22H31Cl2N3O3. The van der Waals surface area contributed by atoms with Crippen molar-refractivity contribution < 1.29 is 14.3 Å². The lowest BCUT2D eigenvalue weighted by Crippen LogP contribution is -2.38. The van der Waals surface area contributed by atoms with Gasteiger partial charge in [0.15, 0.2) is 0 Å². The van der Waals surface area contributed by atoms with Gasteiger partial charge >= 0.3 is 0 Å². The molecule has 1 unspecified atom stereocenters. The highest BCUT2D eigenvalue weighted by Crippen LogP contribution is 2.15. The molecule has 1 aliphatic rings. The van der Waals surface area contributed by atoms with Crippen molar-refractivity contribution in [3.8, 4) is 5.75 Å². The van der Waals surface area contributed by atoms with Crippen molar-refractivity contribution in [1.82, 2.24) is 10.2 Å². The number of carbonyl (C=O) groups is 1. The Morgan fingerprint density at radius 3 is 2.57 bits per heavy atom. The van der Waals surface area contributed by atoms with E-state index in [-0.39, 0.29) is 30.7 Å². The minimum absolute atomic E-state index is 0. The molecule has 0 aromatic heterocycles. The fraction of sp³-hybridized carbons (Fsp3) is 0.409. The zero-order chi connectivity index (χ0) is 19.8. The van der Waals surface area contributed by atoms with Crippen LogP contribution >= 0.6 is 24.8 Å². The Hall–Kier alpha value is -1.83. The van der Waals surface area contributed by atoms with Gasteiger partial charge in [-0.25, -0.2) is 0 Å². The minimum Gasteiger partial charge on any atom is -0.492 e. The number of nitrogens with zero attached hydrogens (tertiary/aromatic N) is 1. The summed E-state index contributed by atoms with van der Waals surface area (Å²) in [6.07, 6.45) is 0. The molecule has 3 rings (SSSR count). The van der Waals surface area contributed by atoms with Crippen LogP contribution in [0.1, 0.15) is 22.7 Å². The molecule has 0 saturated carbocycles. The fourth-order valence-corrected chi connectivity index (χ4v) is 3.09. The first-order valence-electron chi connectivity index (χ1n) is 9.73. The standard InChI is InChI=1S/C22H29N3O3.2ClH/c1-17-5-7-19(8-6-17)21(23)22(26)24-16-18-3-2-4-20(15-18)28-14-11-25-9-12-27-13-10-25;;/h2-8,15,21H,9-14,16,23H2,1H3,(H,24,26);2*1H. The first-order chi connectivity index (χ1) is 13.6. The predicted molar refractivity (Wildman–Crippen MR) is 124 cm³/mol. The number of hydrogen-bond donors (Lipinski definition) is 2. The molecule has 1 fully saturated rings. The molecule has 2 aromatic carbocycles. The highest BCUT2D eigenvalue weighted by Gasteiger charge is 2.15. The summed E-state index contributed by atoms with van der Waals surface area (Å²) in [5, 5.41) is 2.91. The average molecular weight is 456 g/mol. The first kappa shape index (κ1) is 26.2. The SMILES string of the molecule is Cc1ccc(C(N)C(=O)NCc2cccc(OCCN3CCOCC3)c2)cc1.Cl.Cl. The van der Waals surface area contributed by atoms with Crippen molar-refractivity contribution >= 4 is 30.7 Å². The van der Waals surface area contributed by atoms with Crippen LogP contribution in [0.5, 0.6) is 5.75 Å². The van der Waals surface area contributed by atoms with Crippen molar-refractivity contribution in [2.75, 3.05) is 39.5 Å². The van der Waals surface area contributed by atoms with Gasteiger partial charge in [0.2, 0.25) is 5.91 Å². The number of carbonyl (C=O) groups excluding carboxylic acids is 1. The third kappa shape index (κ3) is 8.13. The second-order valence-corrected chi connectivity index (χ2v) is 7.06. The number of aryl methyl sites for hydroxylation is 1. The number of benzene rings is 2. The summed E-state index contributed by atoms with van der Waals surface area (Å²) in [4.78, 5) is 14.7. The van der Waals surface area contributed by atoms with Gasteiger partial charge in [-0.3, -0.25) is 9.69 Å².